The van der Waals surface area contributed by atoms with E-state index in [-0.39, 0.29) is 18.3 Å². The molecule has 0 aromatic heterocycles. The second kappa shape index (κ2) is 8.08. The summed E-state index contributed by atoms with van der Waals surface area (Å²) in [7, 11) is 0. The zero-order valence-corrected chi connectivity index (χ0v) is 16.7. The van der Waals surface area contributed by atoms with Gasteiger partial charge in [0, 0.05) is 0 Å². The molecule has 142 valence electrons. The Morgan fingerprint density at radius 3 is 2.81 bits per heavy atom. The zero-order chi connectivity index (χ0) is 18.8. The number of allylic oxidation sites excluding steroid dienone is 7. The molecule has 0 aliphatic heterocycles. The van der Waals surface area contributed by atoms with Gasteiger partial charge in [0.2, 0.25) is 0 Å². The normalized spacial score (nSPS) is 35.3. The Morgan fingerprint density at radius 1 is 1.35 bits per heavy atom. The Bertz CT molecular complexity index is 660. The van der Waals surface area contributed by atoms with Gasteiger partial charge in [-0.3, -0.25) is 4.79 Å². The smallest absolute Gasteiger partial charge is 0.163 e. The number of hydrogen-bond acceptors (Lipinski definition) is 2. The van der Waals surface area contributed by atoms with Crippen LogP contribution in [0.4, 0.5) is 0 Å². The van der Waals surface area contributed by atoms with E-state index >= 15 is 0 Å². The van der Waals surface area contributed by atoms with E-state index in [1.54, 1.807) is 0 Å². The number of fused-ring (bicyclic) bond motifs is 2. The van der Waals surface area contributed by atoms with Crippen LogP contribution in [0, 0.1) is 35.5 Å². The lowest BCUT2D eigenvalue weighted by Crippen LogP contribution is -2.29. The van der Waals surface area contributed by atoms with Gasteiger partial charge in [-0.05, 0) is 87.7 Å². The Kier molecular flexibility index (Phi) is 6.02. The van der Waals surface area contributed by atoms with E-state index in [0.717, 1.165) is 18.4 Å². The molecule has 6 unspecified atom stereocenters. The van der Waals surface area contributed by atoms with Crippen molar-refractivity contribution in [3.8, 4) is 0 Å². The van der Waals surface area contributed by atoms with Crippen LogP contribution < -0.4 is 0 Å². The molecule has 0 radical (unpaired) electrons. The van der Waals surface area contributed by atoms with Crippen molar-refractivity contribution in [1.29, 1.82) is 0 Å². The highest BCUT2D eigenvalue weighted by molar-refractivity contribution is 5.97. The number of carbonyl (C=O) groups excluding carboxylic acids is 1. The predicted molar refractivity (Wildman–Crippen MR) is 108 cm³/mol. The van der Waals surface area contributed by atoms with E-state index in [0.29, 0.717) is 29.6 Å². The minimum absolute atomic E-state index is 0.0199. The van der Waals surface area contributed by atoms with Gasteiger partial charge in [-0.1, -0.05) is 42.4 Å². The summed E-state index contributed by atoms with van der Waals surface area (Å²) in [6, 6.07) is 0. The number of aliphatic hydroxyl groups is 1. The average molecular weight is 355 g/mol. The van der Waals surface area contributed by atoms with Crippen LogP contribution in [0.25, 0.3) is 0 Å². The highest BCUT2D eigenvalue weighted by Crippen LogP contribution is 2.51. The third kappa shape index (κ3) is 3.81. The maximum atomic E-state index is 12.4. The van der Waals surface area contributed by atoms with Crippen LogP contribution in [-0.4, -0.2) is 17.5 Å². The highest BCUT2D eigenvalue weighted by Gasteiger charge is 2.44. The molecule has 0 aromatic carbocycles. The first-order chi connectivity index (χ1) is 12.4. The molecular weight excluding hydrogens is 320 g/mol. The second-order valence-electron chi connectivity index (χ2n) is 8.94. The topological polar surface area (TPSA) is 37.3 Å². The van der Waals surface area contributed by atoms with E-state index in [1.165, 1.54) is 24.0 Å². The largest absolute Gasteiger partial charge is 0.392 e. The molecule has 3 aliphatic carbocycles. The van der Waals surface area contributed by atoms with Crippen molar-refractivity contribution in [2.24, 2.45) is 35.5 Å². The van der Waals surface area contributed by atoms with Gasteiger partial charge in [0.1, 0.15) is 0 Å². The molecule has 2 nitrogen and oxygen atoms in total. The standard InChI is InChI=1S/C24H34O2/c1-15(2)6-5-7-16(3)20-10-8-18-13-22-17(4)12-23(26)24(22)19(14-25)9-11-21(18)20/h5-7,9,12,16,18,20-22,24-25H,8,10-11,13-14H2,1-4H3. The lowest BCUT2D eigenvalue weighted by molar-refractivity contribution is -0.117. The Morgan fingerprint density at radius 2 is 2.12 bits per heavy atom. The Balaban J connectivity index is 1.82. The molecule has 0 bridgehead atoms. The van der Waals surface area contributed by atoms with E-state index in [9.17, 15) is 9.90 Å². The monoisotopic (exact) mass is 354 g/mol. The summed E-state index contributed by atoms with van der Waals surface area (Å²) < 4.78 is 0. The Labute approximate surface area is 158 Å². The van der Waals surface area contributed by atoms with Crippen molar-refractivity contribution < 1.29 is 9.90 Å². The molecule has 1 saturated carbocycles. The average Bonchev–Trinajstić information content (AvgIpc) is 3.07. The maximum Gasteiger partial charge on any atom is 0.163 e. The van der Waals surface area contributed by atoms with Gasteiger partial charge in [-0.25, -0.2) is 0 Å². The first-order valence-electron chi connectivity index (χ1n) is 10.3. The molecule has 0 saturated heterocycles. The fraction of sp³-hybridized carbons (Fsp3) is 0.625. The minimum atomic E-state index is -0.0880. The SMILES string of the molecule is CC(C)=CC=CC(C)C1CCC2CC3C(C)=CC(=O)C3C(CO)=CCC21. The van der Waals surface area contributed by atoms with Crippen molar-refractivity contribution in [3.63, 3.8) is 0 Å². The molecule has 1 fully saturated rings. The summed E-state index contributed by atoms with van der Waals surface area (Å²) in [5.41, 5.74) is 3.52. The first kappa shape index (κ1) is 19.4. The summed E-state index contributed by atoms with van der Waals surface area (Å²) in [5, 5.41) is 9.88. The van der Waals surface area contributed by atoms with Gasteiger partial charge in [0.05, 0.1) is 12.5 Å². The van der Waals surface area contributed by atoms with Crippen molar-refractivity contribution >= 4 is 5.78 Å². The molecule has 0 amide bonds. The van der Waals surface area contributed by atoms with Crippen molar-refractivity contribution in [2.45, 2.75) is 53.4 Å². The van der Waals surface area contributed by atoms with E-state index in [2.05, 4.69) is 52.0 Å². The van der Waals surface area contributed by atoms with Gasteiger partial charge in [0.25, 0.3) is 0 Å². The fourth-order valence-electron chi connectivity index (χ4n) is 5.61. The van der Waals surface area contributed by atoms with E-state index in [1.807, 2.05) is 6.08 Å². The van der Waals surface area contributed by atoms with E-state index < -0.39 is 0 Å². The number of ketones is 1. The highest BCUT2D eigenvalue weighted by atomic mass is 16.3. The minimum Gasteiger partial charge on any atom is -0.392 e. The molecule has 2 heteroatoms. The molecule has 1 N–H and O–H groups in total. The quantitative estimate of drug-likeness (QED) is 0.552. The molecule has 0 heterocycles. The van der Waals surface area contributed by atoms with Crippen LogP contribution in [0.3, 0.4) is 0 Å². The molecule has 6 atom stereocenters. The number of hydrogen-bond donors (Lipinski definition) is 1. The van der Waals surface area contributed by atoms with Crippen molar-refractivity contribution in [1.82, 2.24) is 0 Å². The van der Waals surface area contributed by atoms with E-state index in [4.69, 9.17) is 0 Å². The molecule has 26 heavy (non-hydrogen) atoms. The van der Waals surface area contributed by atoms with Crippen LogP contribution in [-0.2, 0) is 4.79 Å². The third-order valence-corrected chi connectivity index (χ3v) is 7.00. The van der Waals surface area contributed by atoms with Gasteiger partial charge in [-0.15, -0.1) is 0 Å². The predicted octanol–water partition coefficient (Wildman–Crippen LogP) is 5.26. The molecule has 0 aromatic rings. The van der Waals surface area contributed by atoms with Crippen LogP contribution in [0.5, 0.6) is 0 Å². The van der Waals surface area contributed by atoms with Crippen LogP contribution >= 0.6 is 0 Å². The third-order valence-electron chi connectivity index (χ3n) is 7.00. The lowest BCUT2D eigenvalue weighted by atomic mass is 9.71. The van der Waals surface area contributed by atoms with Crippen molar-refractivity contribution in [2.75, 3.05) is 6.61 Å². The van der Waals surface area contributed by atoms with Crippen LogP contribution in [0.15, 0.2) is 47.1 Å². The summed E-state index contributed by atoms with van der Waals surface area (Å²) >= 11 is 0. The van der Waals surface area contributed by atoms with Gasteiger partial charge in [0.15, 0.2) is 5.78 Å². The Hall–Kier alpha value is -1.41. The number of rotatable bonds is 4. The molecular formula is C24H34O2. The number of carbonyl (C=O) groups is 1. The zero-order valence-electron chi connectivity index (χ0n) is 16.7. The molecule has 3 rings (SSSR count). The molecule has 3 aliphatic rings. The molecule has 0 spiro atoms. The van der Waals surface area contributed by atoms with Gasteiger partial charge >= 0.3 is 0 Å². The van der Waals surface area contributed by atoms with Gasteiger partial charge in [-0.2, -0.15) is 0 Å². The summed E-state index contributed by atoms with van der Waals surface area (Å²) in [4.78, 5) is 12.4. The van der Waals surface area contributed by atoms with Crippen LogP contribution in [0.2, 0.25) is 0 Å². The summed E-state index contributed by atoms with van der Waals surface area (Å²) in [6.45, 7) is 8.74. The van der Waals surface area contributed by atoms with Gasteiger partial charge < -0.3 is 5.11 Å². The maximum absolute atomic E-state index is 12.4. The second-order valence-corrected chi connectivity index (χ2v) is 8.94. The fourth-order valence-corrected chi connectivity index (χ4v) is 5.61. The first-order valence-corrected chi connectivity index (χ1v) is 10.3. The summed E-state index contributed by atoms with van der Waals surface area (Å²) in [6.07, 6.45) is 15.5. The summed E-state index contributed by atoms with van der Waals surface area (Å²) in [5.74, 6) is 3.09. The van der Waals surface area contributed by atoms with Crippen LogP contribution in [0.1, 0.15) is 53.4 Å². The van der Waals surface area contributed by atoms with Crippen molar-refractivity contribution in [3.05, 3.63) is 47.1 Å². The number of aliphatic hydroxyl groups excluding tert-OH is 1. The lowest BCUT2D eigenvalue weighted by Gasteiger charge is -2.34.